The fraction of sp³-hybridized carbons (Fsp3) is 0.214. The van der Waals surface area contributed by atoms with Gasteiger partial charge >= 0.3 is 5.69 Å². The molecule has 21 heavy (non-hydrogen) atoms. The number of nitrogens with one attached hydrogen (secondary N) is 3. The number of rotatable bonds is 4. The quantitative estimate of drug-likeness (QED) is 0.502. The number of aromatic amines is 2. The molecule has 7 nitrogen and oxygen atoms in total. The van der Waals surface area contributed by atoms with Crippen molar-refractivity contribution in [3.05, 3.63) is 56.2 Å². The minimum absolute atomic E-state index is 0.0433. The van der Waals surface area contributed by atoms with Crippen LogP contribution in [0.3, 0.4) is 0 Å². The van der Waals surface area contributed by atoms with Gasteiger partial charge < -0.3 is 5.11 Å². The van der Waals surface area contributed by atoms with E-state index in [0.717, 1.165) is 11.3 Å². The van der Waals surface area contributed by atoms with Crippen LogP contribution in [0.2, 0.25) is 0 Å². The predicted molar refractivity (Wildman–Crippen MR) is 81.0 cm³/mol. The van der Waals surface area contributed by atoms with Crippen molar-refractivity contribution in [1.29, 1.82) is 0 Å². The van der Waals surface area contributed by atoms with Gasteiger partial charge in [0.1, 0.15) is 5.56 Å². The molecule has 0 unspecified atom stereocenters. The van der Waals surface area contributed by atoms with E-state index >= 15 is 0 Å². The van der Waals surface area contributed by atoms with E-state index in [1.807, 2.05) is 31.2 Å². The van der Waals surface area contributed by atoms with Gasteiger partial charge in [-0.25, -0.2) is 4.79 Å². The number of nitrogens with zero attached hydrogens (tertiary/aromatic N) is 1. The van der Waals surface area contributed by atoms with Gasteiger partial charge in [0.25, 0.3) is 5.56 Å². The van der Waals surface area contributed by atoms with E-state index in [1.165, 1.54) is 0 Å². The Hall–Kier alpha value is -2.83. The number of anilines is 1. The van der Waals surface area contributed by atoms with E-state index in [-0.39, 0.29) is 5.56 Å². The Kier molecular flexibility index (Phi) is 4.22. The van der Waals surface area contributed by atoms with Crippen molar-refractivity contribution in [1.82, 2.24) is 9.97 Å². The van der Waals surface area contributed by atoms with Crippen LogP contribution in [0.25, 0.3) is 0 Å². The molecule has 0 amide bonds. The molecule has 0 spiro atoms. The summed E-state index contributed by atoms with van der Waals surface area (Å²) in [6.07, 6.45) is 0.404. The lowest BCUT2D eigenvalue weighted by Crippen LogP contribution is -2.28. The molecule has 4 N–H and O–H groups in total. The molecule has 2 aromatic rings. The molecule has 0 aliphatic rings. The normalized spacial score (nSPS) is 11.4. The smallest absolute Gasteiger partial charge is 0.328 e. The van der Waals surface area contributed by atoms with Crippen molar-refractivity contribution in [2.75, 3.05) is 5.43 Å². The van der Waals surface area contributed by atoms with E-state index in [0.29, 0.717) is 12.1 Å². The first-order valence-corrected chi connectivity index (χ1v) is 6.47. The first kappa shape index (κ1) is 14.6. The van der Waals surface area contributed by atoms with Gasteiger partial charge in [0.15, 0.2) is 0 Å². The zero-order chi connectivity index (χ0) is 15.4. The summed E-state index contributed by atoms with van der Waals surface area (Å²) in [5.74, 6) is -0.490. The number of aromatic hydroxyl groups is 1. The van der Waals surface area contributed by atoms with Crippen molar-refractivity contribution >= 4 is 11.4 Å². The average molecular weight is 288 g/mol. The minimum Gasteiger partial charge on any atom is -0.494 e. The molecule has 110 valence electrons. The molecule has 0 saturated heterocycles. The number of H-pyrrole nitrogens is 2. The summed E-state index contributed by atoms with van der Waals surface area (Å²) in [5.41, 5.74) is 3.51. The van der Waals surface area contributed by atoms with Gasteiger partial charge in [0, 0.05) is 0 Å². The van der Waals surface area contributed by atoms with E-state index < -0.39 is 17.1 Å². The third-order valence-corrected chi connectivity index (χ3v) is 3.00. The van der Waals surface area contributed by atoms with Crippen LogP contribution in [0, 0.1) is 6.92 Å². The molecule has 0 aliphatic heterocycles. The number of para-hydroxylation sites is 1. The van der Waals surface area contributed by atoms with Crippen LogP contribution in [0.5, 0.6) is 5.88 Å². The molecule has 1 heterocycles. The third-order valence-electron chi connectivity index (χ3n) is 3.00. The Morgan fingerprint density at radius 1 is 1.29 bits per heavy atom. The van der Waals surface area contributed by atoms with Crippen molar-refractivity contribution in [2.24, 2.45) is 5.10 Å². The van der Waals surface area contributed by atoms with Crippen molar-refractivity contribution < 1.29 is 5.11 Å². The number of aromatic nitrogens is 2. The Bertz CT molecular complexity index is 789. The third kappa shape index (κ3) is 3.19. The van der Waals surface area contributed by atoms with Gasteiger partial charge in [0.2, 0.25) is 5.88 Å². The summed E-state index contributed by atoms with van der Waals surface area (Å²) < 4.78 is 0. The second-order valence-electron chi connectivity index (χ2n) is 4.47. The minimum atomic E-state index is -0.761. The molecule has 0 radical (unpaired) electrons. The van der Waals surface area contributed by atoms with Gasteiger partial charge in [0.05, 0.1) is 11.4 Å². The summed E-state index contributed by atoms with van der Waals surface area (Å²) in [5, 5.41) is 13.9. The first-order valence-electron chi connectivity index (χ1n) is 6.47. The number of hydrogen-bond donors (Lipinski definition) is 4. The highest BCUT2D eigenvalue weighted by atomic mass is 16.3. The molecule has 0 saturated carbocycles. The monoisotopic (exact) mass is 288 g/mol. The molecule has 1 aromatic heterocycles. The summed E-state index contributed by atoms with van der Waals surface area (Å²) >= 11 is 0. The number of hydrogen-bond acceptors (Lipinski definition) is 5. The van der Waals surface area contributed by atoms with E-state index in [9.17, 15) is 14.7 Å². The fourth-order valence-corrected chi connectivity index (χ4v) is 1.88. The van der Waals surface area contributed by atoms with Gasteiger partial charge in [-0.1, -0.05) is 25.1 Å². The Balaban J connectivity index is 2.41. The number of benzene rings is 1. The molecular formula is C14H16N4O3. The lowest BCUT2D eigenvalue weighted by Gasteiger charge is -2.08. The number of aryl methyl sites for hydroxylation is 1. The standard InChI is InChI=1S/C14H16N4O3/c1-3-9(11-12(19)15-14(21)16-13(11)20)17-18-10-7-5-4-6-8(10)2/h4-7,18H,3H2,1-2H3,(H3,15,16,19,20,21)/b17-9+. The summed E-state index contributed by atoms with van der Waals surface area (Å²) in [6.45, 7) is 3.72. The topological polar surface area (TPSA) is 110 Å². The second-order valence-corrected chi connectivity index (χ2v) is 4.47. The zero-order valence-electron chi connectivity index (χ0n) is 11.7. The second kappa shape index (κ2) is 6.08. The highest BCUT2D eigenvalue weighted by Gasteiger charge is 2.14. The van der Waals surface area contributed by atoms with Crippen LogP contribution >= 0.6 is 0 Å². The first-order chi connectivity index (χ1) is 10.0. The average Bonchev–Trinajstić information content (AvgIpc) is 2.43. The summed E-state index contributed by atoms with van der Waals surface area (Å²) in [7, 11) is 0. The number of hydrazone groups is 1. The van der Waals surface area contributed by atoms with E-state index in [1.54, 1.807) is 6.92 Å². The molecule has 0 fully saturated rings. The lowest BCUT2D eigenvalue weighted by atomic mass is 10.1. The molecule has 0 bridgehead atoms. The maximum atomic E-state index is 11.8. The van der Waals surface area contributed by atoms with Crippen LogP contribution in [0.4, 0.5) is 5.69 Å². The van der Waals surface area contributed by atoms with Gasteiger partial charge in [-0.05, 0) is 25.0 Å². The molecule has 0 atom stereocenters. The van der Waals surface area contributed by atoms with Gasteiger partial charge in [-0.2, -0.15) is 5.10 Å². The van der Waals surface area contributed by atoms with Gasteiger partial charge in [-0.15, -0.1) is 0 Å². The molecular weight excluding hydrogens is 272 g/mol. The molecule has 1 aromatic carbocycles. The SMILES string of the molecule is CC/C(=N\Nc1ccccc1C)c1c(O)[nH]c(=O)[nH]c1=O. The Labute approximate surface area is 120 Å². The lowest BCUT2D eigenvalue weighted by molar-refractivity contribution is 0.447. The molecule has 2 rings (SSSR count). The largest absolute Gasteiger partial charge is 0.494 e. The zero-order valence-corrected chi connectivity index (χ0v) is 11.7. The van der Waals surface area contributed by atoms with Crippen LogP contribution in [0.15, 0.2) is 39.0 Å². The van der Waals surface area contributed by atoms with Crippen LogP contribution in [-0.4, -0.2) is 20.8 Å². The van der Waals surface area contributed by atoms with E-state index in [2.05, 4.69) is 20.5 Å². The molecule has 0 aliphatic carbocycles. The summed E-state index contributed by atoms with van der Waals surface area (Å²) in [6, 6.07) is 7.54. The van der Waals surface area contributed by atoms with E-state index in [4.69, 9.17) is 0 Å². The van der Waals surface area contributed by atoms with Crippen molar-refractivity contribution in [3.8, 4) is 5.88 Å². The Morgan fingerprint density at radius 3 is 2.62 bits per heavy atom. The van der Waals surface area contributed by atoms with Gasteiger partial charge in [-0.3, -0.25) is 20.2 Å². The van der Waals surface area contributed by atoms with Crippen LogP contribution in [0.1, 0.15) is 24.5 Å². The summed E-state index contributed by atoms with van der Waals surface area (Å²) in [4.78, 5) is 27.1. The van der Waals surface area contributed by atoms with Crippen molar-refractivity contribution in [2.45, 2.75) is 20.3 Å². The maximum absolute atomic E-state index is 11.8. The van der Waals surface area contributed by atoms with Crippen LogP contribution < -0.4 is 16.7 Å². The fourth-order valence-electron chi connectivity index (χ4n) is 1.88. The molecule has 7 heteroatoms. The predicted octanol–water partition coefficient (Wildman–Crippen LogP) is 1.30. The van der Waals surface area contributed by atoms with Crippen LogP contribution in [-0.2, 0) is 0 Å². The highest BCUT2D eigenvalue weighted by Crippen LogP contribution is 2.14. The maximum Gasteiger partial charge on any atom is 0.328 e. The Morgan fingerprint density at radius 2 is 2.00 bits per heavy atom. The van der Waals surface area contributed by atoms with Crippen molar-refractivity contribution in [3.63, 3.8) is 0 Å². The highest BCUT2D eigenvalue weighted by molar-refractivity contribution is 6.02.